The van der Waals surface area contributed by atoms with Crippen LogP contribution in [0.3, 0.4) is 0 Å². The molecule has 11 heteroatoms. The number of carbonyl (C=O) groups is 2. The maximum atomic E-state index is 12.5. The van der Waals surface area contributed by atoms with Crippen LogP contribution in [0.2, 0.25) is 0 Å². The summed E-state index contributed by atoms with van der Waals surface area (Å²) in [6.45, 7) is 7.41. The van der Waals surface area contributed by atoms with Gasteiger partial charge in [0, 0.05) is 32.7 Å². The van der Waals surface area contributed by atoms with E-state index in [9.17, 15) is 14.7 Å². The van der Waals surface area contributed by atoms with E-state index in [4.69, 9.17) is 23.7 Å². The number of likely N-dealkylation sites (tertiary alicyclic amines) is 1. The second kappa shape index (κ2) is 11.4. The Morgan fingerprint density at radius 1 is 1.16 bits per heavy atom. The molecule has 3 aliphatic rings. The molecule has 0 spiro atoms. The lowest BCUT2D eigenvalue weighted by Crippen LogP contribution is -2.65. The first-order valence-electron chi connectivity index (χ1n) is 13.1. The van der Waals surface area contributed by atoms with E-state index in [0.717, 1.165) is 5.56 Å². The first-order chi connectivity index (χ1) is 17.9. The Kier molecular flexibility index (Phi) is 8.65. The van der Waals surface area contributed by atoms with Crippen LogP contribution >= 0.6 is 0 Å². The number of carbonyl (C=O) groups excluding carboxylic acids is 2. The number of hydrogen-bond acceptors (Lipinski definition) is 9. The number of amides is 2. The number of rotatable bonds is 8. The van der Waals surface area contributed by atoms with Crippen LogP contribution in [0.4, 0.5) is 4.79 Å². The fourth-order valence-electron chi connectivity index (χ4n) is 5.16. The fraction of sp³-hybridized carbons (Fsp3) is 0.704. The molecule has 1 aromatic carbocycles. The third-order valence-electron chi connectivity index (χ3n) is 7.36. The Balaban J connectivity index is 1.34. The number of aliphatic hydroxyl groups excluding tert-OH is 1. The van der Waals surface area contributed by atoms with Gasteiger partial charge in [-0.05, 0) is 39.2 Å². The molecule has 3 aliphatic heterocycles. The summed E-state index contributed by atoms with van der Waals surface area (Å²) in [5, 5.41) is 13.7. The van der Waals surface area contributed by atoms with Gasteiger partial charge < -0.3 is 39.0 Å². The lowest BCUT2D eigenvalue weighted by Gasteiger charge is -2.47. The molecule has 38 heavy (non-hydrogen) atoms. The van der Waals surface area contributed by atoms with Crippen LogP contribution in [-0.2, 0) is 35.1 Å². The van der Waals surface area contributed by atoms with Gasteiger partial charge in [-0.25, -0.2) is 4.79 Å². The van der Waals surface area contributed by atoms with Gasteiger partial charge >= 0.3 is 6.09 Å². The third kappa shape index (κ3) is 6.83. The first-order valence-corrected chi connectivity index (χ1v) is 13.1. The van der Waals surface area contributed by atoms with E-state index in [0.29, 0.717) is 32.5 Å². The molecule has 4 atom stereocenters. The van der Waals surface area contributed by atoms with Gasteiger partial charge in [0.2, 0.25) is 11.7 Å². The second-order valence-corrected chi connectivity index (χ2v) is 11.3. The highest BCUT2D eigenvalue weighted by molar-refractivity contribution is 5.76. The van der Waals surface area contributed by atoms with Crippen LogP contribution in [0.1, 0.15) is 39.2 Å². The van der Waals surface area contributed by atoms with Crippen LogP contribution in [-0.4, -0.2) is 109 Å². The van der Waals surface area contributed by atoms with Crippen LogP contribution in [0.25, 0.3) is 0 Å². The van der Waals surface area contributed by atoms with Gasteiger partial charge in [-0.2, -0.15) is 0 Å². The molecule has 3 fully saturated rings. The topological polar surface area (TPSA) is 119 Å². The van der Waals surface area contributed by atoms with E-state index >= 15 is 0 Å². The summed E-state index contributed by atoms with van der Waals surface area (Å²) in [6, 6.07) is 9.57. The molecule has 0 unspecified atom stereocenters. The largest absolute Gasteiger partial charge is 0.445 e. The van der Waals surface area contributed by atoms with Gasteiger partial charge in [0.05, 0.1) is 13.2 Å². The van der Waals surface area contributed by atoms with Crippen molar-refractivity contribution in [3.63, 3.8) is 0 Å². The Labute approximate surface area is 224 Å². The Bertz CT molecular complexity index is 966. The van der Waals surface area contributed by atoms with E-state index in [2.05, 4.69) is 10.2 Å². The minimum Gasteiger partial charge on any atom is -0.445 e. The molecule has 0 saturated carbocycles. The third-order valence-corrected chi connectivity index (χ3v) is 7.36. The molecule has 11 nitrogen and oxygen atoms in total. The molecule has 0 radical (unpaired) electrons. The van der Waals surface area contributed by atoms with Crippen molar-refractivity contribution in [1.29, 1.82) is 0 Å². The van der Waals surface area contributed by atoms with Gasteiger partial charge in [0.15, 0.2) is 5.79 Å². The van der Waals surface area contributed by atoms with Crippen LogP contribution in [0.15, 0.2) is 30.3 Å². The number of alkyl carbamates (subject to hydrolysis) is 1. The maximum Gasteiger partial charge on any atom is 0.407 e. The van der Waals surface area contributed by atoms with Crippen molar-refractivity contribution in [2.75, 3.05) is 46.9 Å². The van der Waals surface area contributed by atoms with Crippen molar-refractivity contribution in [3.8, 4) is 0 Å². The molecule has 0 aliphatic carbocycles. The monoisotopic (exact) mass is 535 g/mol. The predicted octanol–water partition coefficient (Wildman–Crippen LogP) is 1.48. The number of likely N-dealkylation sites (N-methyl/N-ethyl adjacent to an activating group) is 1. The highest BCUT2D eigenvalue weighted by Gasteiger charge is 2.62. The van der Waals surface area contributed by atoms with E-state index in [1.165, 1.54) is 4.90 Å². The molecule has 4 rings (SSSR count). The Morgan fingerprint density at radius 2 is 1.84 bits per heavy atom. The molecule has 3 saturated heterocycles. The van der Waals surface area contributed by atoms with Crippen LogP contribution in [0, 0.1) is 0 Å². The Morgan fingerprint density at radius 3 is 2.50 bits per heavy atom. The average Bonchev–Trinajstić information content (AvgIpc) is 3.14. The highest BCUT2D eigenvalue weighted by atomic mass is 16.8. The van der Waals surface area contributed by atoms with Crippen molar-refractivity contribution in [2.24, 2.45) is 0 Å². The molecule has 1 aromatic rings. The normalized spacial score (nSPS) is 30.3. The molecule has 0 aromatic heterocycles. The van der Waals surface area contributed by atoms with E-state index < -0.39 is 41.5 Å². The number of hydrogen-bond donors (Lipinski definition) is 2. The van der Waals surface area contributed by atoms with E-state index in [-0.39, 0.29) is 25.7 Å². The quantitative estimate of drug-likeness (QED) is 0.510. The summed E-state index contributed by atoms with van der Waals surface area (Å²) in [6.07, 6.45) is -1.50. The van der Waals surface area contributed by atoms with E-state index in [1.54, 1.807) is 27.9 Å². The SMILES string of the molecule is CN(C)C(=O)CO[C@@H]1[C@H](O)CO[C@@]2(CN3CCC(C)(NC(=O)OCc4ccccc4)CC3)OC(C)(C)O[C@@H]12. The lowest BCUT2D eigenvalue weighted by atomic mass is 9.88. The summed E-state index contributed by atoms with van der Waals surface area (Å²) in [4.78, 5) is 28.2. The number of piperidine rings is 1. The zero-order valence-corrected chi connectivity index (χ0v) is 23.0. The smallest absolute Gasteiger partial charge is 0.407 e. The maximum absolute atomic E-state index is 12.5. The average molecular weight is 536 g/mol. The molecular weight excluding hydrogens is 494 g/mol. The van der Waals surface area contributed by atoms with Gasteiger partial charge in [-0.15, -0.1) is 0 Å². The van der Waals surface area contributed by atoms with Gasteiger partial charge in [0.1, 0.15) is 31.5 Å². The van der Waals surface area contributed by atoms with E-state index in [1.807, 2.05) is 37.3 Å². The first kappa shape index (κ1) is 28.7. The molecular formula is C27H41N3O8. The van der Waals surface area contributed by atoms with Gasteiger partial charge in [-0.1, -0.05) is 30.3 Å². The molecule has 2 amide bonds. The molecule has 2 N–H and O–H groups in total. The summed E-state index contributed by atoms with van der Waals surface area (Å²) in [5.41, 5.74) is 0.527. The minimum absolute atomic E-state index is 0.00285. The predicted molar refractivity (Wildman–Crippen MR) is 137 cm³/mol. The highest BCUT2D eigenvalue weighted by Crippen LogP contribution is 2.44. The van der Waals surface area contributed by atoms with Crippen molar-refractivity contribution >= 4 is 12.0 Å². The van der Waals surface area contributed by atoms with Gasteiger partial charge in [0.25, 0.3) is 0 Å². The number of benzene rings is 1. The summed E-state index contributed by atoms with van der Waals surface area (Å²) < 4.78 is 29.9. The summed E-state index contributed by atoms with van der Waals surface area (Å²) in [5.74, 6) is -2.33. The Hall–Kier alpha value is -2.28. The number of aliphatic hydroxyl groups is 1. The number of fused-ring (bicyclic) bond motifs is 1. The van der Waals surface area contributed by atoms with Gasteiger partial charge in [-0.3, -0.25) is 9.69 Å². The van der Waals surface area contributed by atoms with Crippen molar-refractivity contribution in [1.82, 2.24) is 15.1 Å². The summed E-state index contributed by atoms with van der Waals surface area (Å²) in [7, 11) is 3.30. The number of ether oxygens (including phenoxy) is 5. The van der Waals surface area contributed by atoms with Crippen molar-refractivity contribution in [3.05, 3.63) is 35.9 Å². The minimum atomic E-state index is -1.16. The van der Waals surface area contributed by atoms with Crippen LogP contribution < -0.4 is 5.32 Å². The lowest BCUT2D eigenvalue weighted by molar-refractivity contribution is -0.301. The van der Waals surface area contributed by atoms with Crippen LogP contribution in [0.5, 0.6) is 0 Å². The summed E-state index contributed by atoms with van der Waals surface area (Å²) >= 11 is 0. The fourth-order valence-corrected chi connectivity index (χ4v) is 5.16. The molecule has 3 heterocycles. The number of nitrogens with zero attached hydrogens (tertiary/aromatic N) is 2. The second-order valence-electron chi connectivity index (χ2n) is 11.3. The van der Waals surface area contributed by atoms with Crippen molar-refractivity contribution in [2.45, 2.75) is 75.6 Å². The standard InChI is InChI=1S/C27H41N3O8/c1-25(2)37-23-22(34-17-21(32)29(4)5)20(31)16-36-27(23,38-25)18-30-13-11-26(3,12-14-30)28-24(33)35-15-19-9-7-6-8-10-19/h6-10,20,22-23,31H,11-18H2,1-5H3,(H,28,33)/t20-,22-,23+,27+/m1/s1. The molecule has 212 valence electrons. The number of nitrogens with one attached hydrogen (secondary N) is 1. The zero-order valence-electron chi connectivity index (χ0n) is 23.0. The molecule has 0 bridgehead atoms. The van der Waals surface area contributed by atoms with Crippen molar-refractivity contribution < 1.29 is 38.4 Å². The zero-order chi connectivity index (χ0) is 27.6.